The van der Waals surface area contributed by atoms with E-state index in [-0.39, 0.29) is 12.1 Å². The van der Waals surface area contributed by atoms with Gasteiger partial charge in [0.05, 0.1) is 11.4 Å². The van der Waals surface area contributed by atoms with Crippen molar-refractivity contribution >= 4 is 33.3 Å². The highest BCUT2D eigenvalue weighted by atomic mass is 32.2. The Labute approximate surface area is 174 Å². The fourth-order valence-electron chi connectivity index (χ4n) is 4.48. The number of amides is 2. The van der Waals surface area contributed by atoms with Gasteiger partial charge in [0.15, 0.2) is 0 Å². The minimum Gasteiger partial charge on any atom is -0.334 e. The van der Waals surface area contributed by atoms with E-state index in [4.69, 9.17) is 0 Å². The summed E-state index contributed by atoms with van der Waals surface area (Å²) in [4.78, 5) is 18.0. The van der Waals surface area contributed by atoms with Gasteiger partial charge in [-0.25, -0.2) is 13.2 Å². The summed E-state index contributed by atoms with van der Waals surface area (Å²) in [6, 6.07) is 10.2. The van der Waals surface area contributed by atoms with Gasteiger partial charge in [0.1, 0.15) is 4.21 Å². The fourth-order valence-corrected chi connectivity index (χ4v) is 7.33. The predicted molar refractivity (Wildman–Crippen MR) is 112 cm³/mol. The first-order valence-electron chi connectivity index (χ1n) is 9.89. The molecule has 1 N–H and O–H groups in total. The molecule has 152 valence electrons. The highest BCUT2D eigenvalue weighted by Gasteiger charge is 2.34. The second kappa shape index (κ2) is 7.27. The van der Waals surface area contributed by atoms with Crippen molar-refractivity contribution in [3.8, 4) is 0 Å². The van der Waals surface area contributed by atoms with Gasteiger partial charge < -0.3 is 10.2 Å². The first-order valence-corrected chi connectivity index (χ1v) is 12.2. The monoisotopic (exact) mass is 429 g/mol. The molecule has 0 aliphatic carbocycles. The van der Waals surface area contributed by atoms with E-state index in [9.17, 15) is 13.2 Å². The maximum atomic E-state index is 12.9. The van der Waals surface area contributed by atoms with E-state index in [0.29, 0.717) is 21.6 Å². The Hall–Kier alpha value is -2.16. The standard InChI is InChI=1S/C21H23N3O3S2/c25-21(22-17-10-15-6-8-23(12-15)14-17)24-9-7-19-16(13-24)11-20(28-19)29(26,27)18-4-2-1-3-5-18/h1-5,7,9,11,15,17H,6,8,10,12-14H2,(H,22,25). The van der Waals surface area contributed by atoms with Crippen LogP contribution in [-0.2, 0) is 16.4 Å². The molecule has 0 spiro atoms. The number of fused-ring (bicyclic) bond motifs is 3. The third-order valence-corrected chi connectivity index (χ3v) is 9.32. The lowest BCUT2D eigenvalue weighted by molar-refractivity contribution is 0.187. The predicted octanol–water partition coefficient (Wildman–Crippen LogP) is 3.17. The van der Waals surface area contributed by atoms with Crippen LogP contribution in [0.5, 0.6) is 0 Å². The molecule has 2 saturated heterocycles. The molecule has 3 atom stereocenters. The van der Waals surface area contributed by atoms with Crippen LogP contribution in [0.1, 0.15) is 23.3 Å². The van der Waals surface area contributed by atoms with Crippen LogP contribution < -0.4 is 5.32 Å². The number of carbonyl (C=O) groups is 1. The second-order valence-electron chi connectivity index (χ2n) is 8.01. The first kappa shape index (κ1) is 18.8. The summed E-state index contributed by atoms with van der Waals surface area (Å²) in [6.07, 6.45) is 5.86. The summed E-state index contributed by atoms with van der Waals surface area (Å²) in [5.41, 5.74) is 0.870. The molecule has 2 fully saturated rings. The third kappa shape index (κ3) is 3.60. The number of thiophene rings is 1. The second-order valence-corrected chi connectivity index (χ2v) is 11.3. The number of carbonyl (C=O) groups excluding carboxylic acids is 1. The van der Waals surface area contributed by atoms with Crippen molar-refractivity contribution in [3.63, 3.8) is 0 Å². The van der Waals surface area contributed by atoms with E-state index in [1.807, 2.05) is 6.08 Å². The van der Waals surface area contributed by atoms with Crippen molar-refractivity contribution in [1.82, 2.24) is 15.1 Å². The molecule has 1 aromatic heterocycles. The number of rotatable bonds is 3. The van der Waals surface area contributed by atoms with E-state index < -0.39 is 9.84 Å². The fraction of sp³-hybridized carbons (Fsp3) is 0.381. The van der Waals surface area contributed by atoms with Crippen LogP contribution in [0.25, 0.3) is 6.08 Å². The van der Waals surface area contributed by atoms with Gasteiger partial charge in [-0.05, 0) is 55.1 Å². The topological polar surface area (TPSA) is 69.7 Å². The average Bonchev–Trinajstić information content (AvgIpc) is 3.31. The number of hydrogen-bond acceptors (Lipinski definition) is 5. The van der Waals surface area contributed by atoms with Gasteiger partial charge in [0, 0.05) is 30.2 Å². The number of nitrogens with zero attached hydrogens (tertiary/aromatic N) is 2. The van der Waals surface area contributed by atoms with E-state index in [1.54, 1.807) is 47.5 Å². The van der Waals surface area contributed by atoms with Gasteiger partial charge in [-0.2, -0.15) is 0 Å². The highest BCUT2D eigenvalue weighted by Crippen LogP contribution is 2.34. The quantitative estimate of drug-likeness (QED) is 0.814. The molecule has 3 unspecified atom stereocenters. The smallest absolute Gasteiger partial charge is 0.321 e. The van der Waals surface area contributed by atoms with Crippen molar-refractivity contribution in [3.05, 3.63) is 53.0 Å². The Bertz CT molecular complexity index is 1050. The summed E-state index contributed by atoms with van der Waals surface area (Å²) >= 11 is 1.26. The van der Waals surface area contributed by atoms with Crippen molar-refractivity contribution in [2.24, 2.45) is 5.92 Å². The molecule has 5 rings (SSSR count). The van der Waals surface area contributed by atoms with Crippen LogP contribution >= 0.6 is 11.3 Å². The zero-order valence-electron chi connectivity index (χ0n) is 16.0. The Morgan fingerprint density at radius 3 is 2.79 bits per heavy atom. The summed E-state index contributed by atoms with van der Waals surface area (Å²) < 4.78 is 26.1. The molecule has 4 heterocycles. The normalized spacial score (nSPS) is 25.7. The van der Waals surface area contributed by atoms with Crippen LogP contribution in [0.15, 0.2) is 51.7 Å². The maximum absolute atomic E-state index is 12.9. The molecule has 29 heavy (non-hydrogen) atoms. The number of sulfone groups is 1. The Kier molecular flexibility index (Phi) is 4.72. The van der Waals surface area contributed by atoms with Crippen LogP contribution in [0.4, 0.5) is 4.79 Å². The lowest BCUT2D eigenvalue weighted by atomic mass is 9.97. The van der Waals surface area contributed by atoms with Crippen molar-refractivity contribution in [2.45, 2.75) is 34.5 Å². The van der Waals surface area contributed by atoms with Gasteiger partial charge in [-0.1, -0.05) is 18.2 Å². The Morgan fingerprint density at radius 2 is 2.00 bits per heavy atom. The van der Waals surface area contributed by atoms with Crippen molar-refractivity contribution < 1.29 is 13.2 Å². The zero-order valence-corrected chi connectivity index (χ0v) is 17.6. The van der Waals surface area contributed by atoms with Crippen LogP contribution in [0.3, 0.4) is 0 Å². The molecule has 3 aliphatic rings. The van der Waals surface area contributed by atoms with Crippen LogP contribution in [0, 0.1) is 5.92 Å². The molecule has 2 bridgehead atoms. The highest BCUT2D eigenvalue weighted by molar-refractivity contribution is 7.93. The molecule has 0 saturated carbocycles. The molecule has 8 heteroatoms. The number of hydrogen-bond donors (Lipinski definition) is 1. The van der Waals surface area contributed by atoms with E-state index in [2.05, 4.69) is 10.2 Å². The molecule has 2 aromatic rings. The van der Waals surface area contributed by atoms with Crippen molar-refractivity contribution in [2.75, 3.05) is 19.6 Å². The van der Waals surface area contributed by atoms with E-state index in [0.717, 1.165) is 36.5 Å². The minimum absolute atomic E-state index is 0.113. The molecular weight excluding hydrogens is 406 g/mol. The van der Waals surface area contributed by atoms with Crippen LogP contribution in [-0.4, -0.2) is 49.9 Å². The van der Waals surface area contributed by atoms with E-state index in [1.165, 1.54) is 17.8 Å². The largest absolute Gasteiger partial charge is 0.334 e. The van der Waals surface area contributed by atoms with Crippen LogP contribution in [0.2, 0.25) is 0 Å². The number of benzene rings is 1. The number of urea groups is 1. The molecule has 0 radical (unpaired) electrons. The lowest BCUT2D eigenvalue weighted by Gasteiger charge is -2.32. The summed E-state index contributed by atoms with van der Waals surface area (Å²) in [6.45, 7) is 3.60. The lowest BCUT2D eigenvalue weighted by Crippen LogP contribution is -2.50. The molecule has 2 amide bonds. The summed E-state index contributed by atoms with van der Waals surface area (Å²) in [5.74, 6) is 0.695. The Morgan fingerprint density at radius 1 is 1.17 bits per heavy atom. The molecule has 1 aromatic carbocycles. The number of nitrogens with one attached hydrogen (secondary N) is 1. The first-order chi connectivity index (χ1) is 14.0. The molecule has 6 nitrogen and oxygen atoms in total. The van der Waals surface area contributed by atoms with Gasteiger partial charge in [0.25, 0.3) is 0 Å². The van der Waals surface area contributed by atoms with Crippen molar-refractivity contribution in [1.29, 1.82) is 0 Å². The number of piperidine rings is 1. The van der Waals surface area contributed by atoms with Gasteiger partial charge >= 0.3 is 6.03 Å². The SMILES string of the molecule is O=C(NC1CC2CCN(C2)C1)N1C=Cc2sc(S(=O)(=O)c3ccccc3)cc2C1. The third-order valence-electron chi connectivity index (χ3n) is 5.94. The maximum Gasteiger partial charge on any atom is 0.321 e. The van der Waals surface area contributed by atoms with Gasteiger partial charge in [-0.3, -0.25) is 4.90 Å². The minimum atomic E-state index is -3.54. The zero-order chi connectivity index (χ0) is 20.0. The molecule has 3 aliphatic heterocycles. The summed E-state index contributed by atoms with van der Waals surface area (Å²) in [7, 11) is -3.54. The summed E-state index contributed by atoms with van der Waals surface area (Å²) in [5, 5.41) is 3.16. The van der Waals surface area contributed by atoms with Gasteiger partial charge in [0.2, 0.25) is 9.84 Å². The molecular formula is C21H23N3O3S2. The average molecular weight is 430 g/mol. The van der Waals surface area contributed by atoms with Gasteiger partial charge in [-0.15, -0.1) is 11.3 Å². The van der Waals surface area contributed by atoms with E-state index >= 15 is 0 Å². The Balaban J connectivity index is 1.29.